The predicted octanol–water partition coefficient (Wildman–Crippen LogP) is 2.45. The highest BCUT2D eigenvalue weighted by Gasteiger charge is 2.05. The molecule has 0 aliphatic heterocycles. The Morgan fingerprint density at radius 3 is 1.18 bits per heavy atom. The Labute approximate surface area is 72.8 Å². The SMILES string of the molecule is CCN(CC)[P]N(CC)CC. The van der Waals surface area contributed by atoms with E-state index in [1.54, 1.807) is 0 Å². The molecule has 0 rings (SSSR count). The van der Waals surface area contributed by atoms with E-state index >= 15 is 0 Å². The van der Waals surface area contributed by atoms with Crippen LogP contribution in [0.1, 0.15) is 27.7 Å². The van der Waals surface area contributed by atoms with Crippen LogP contribution in [0.3, 0.4) is 0 Å². The fourth-order valence-electron chi connectivity index (χ4n) is 0.879. The quantitative estimate of drug-likeness (QED) is 0.572. The summed E-state index contributed by atoms with van der Waals surface area (Å²) in [7, 11) is 1.37. The third-order valence-corrected chi connectivity index (χ3v) is 3.35. The minimum atomic E-state index is 1.15. The molecule has 0 atom stereocenters. The van der Waals surface area contributed by atoms with Crippen molar-refractivity contribution in [3.05, 3.63) is 0 Å². The average molecular weight is 175 g/mol. The molecule has 0 saturated carbocycles. The maximum absolute atomic E-state index is 2.41. The standard InChI is InChI=1S/C8H20N2P/c1-5-9(6-2)11-10(7-3)8-4/h5-8H2,1-4H3. The van der Waals surface area contributed by atoms with Crippen molar-refractivity contribution in [1.29, 1.82) is 0 Å². The molecule has 3 heteroatoms. The second-order valence-corrected chi connectivity index (χ2v) is 3.68. The Hall–Kier alpha value is 0.350. The topological polar surface area (TPSA) is 6.48 Å². The van der Waals surface area contributed by atoms with Crippen molar-refractivity contribution < 1.29 is 0 Å². The molecule has 0 saturated heterocycles. The lowest BCUT2D eigenvalue weighted by Crippen LogP contribution is -2.22. The molecule has 0 aliphatic carbocycles. The molecule has 0 unspecified atom stereocenters. The highest BCUT2D eigenvalue weighted by atomic mass is 31.1. The smallest absolute Gasteiger partial charge is 0.0975 e. The Morgan fingerprint density at radius 2 is 1.00 bits per heavy atom. The zero-order valence-electron chi connectivity index (χ0n) is 8.17. The summed E-state index contributed by atoms with van der Waals surface area (Å²) in [6, 6.07) is 0. The third kappa shape index (κ3) is 4.73. The van der Waals surface area contributed by atoms with Crippen molar-refractivity contribution in [2.24, 2.45) is 0 Å². The van der Waals surface area contributed by atoms with Crippen molar-refractivity contribution in [1.82, 2.24) is 9.34 Å². The molecule has 0 bridgehead atoms. The first-order chi connectivity index (χ1) is 5.28. The molecule has 1 radical (unpaired) electrons. The number of hydrogen-bond acceptors (Lipinski definition) is 2. The Bertz CT molecular complexity index is 70.2. The van der Waals surface area contributed by atoms with Gasteiger partial charge in [-0.3, -0.25) is 9.34 Å². The summed E-state index contributed by atoms with van der Waals surface area (Å²) in [4.78, 5) is 0. The lowest BCUT2D eigenvalue weighted by molar-refractivity contribution is 0.439. The fourth-order valence-corrected chi connectivity index (χ4v) is 1.74. The summed E-state index contributed by atoms with van der Waals surface area (Å²) in [5, 5.41) is 0. The lowest BCUT2D eigenvalue weighted by Gasteiger charge is -2.24. The fraction of sp³-hybridized carbons (Fsp3) is 1.00. The highest BCUT2D eigenvalue weighted by molar-refractivity contribution is 7.32. The maximum atomic E-state index is 2.41. The van der Waals surface area contributed by atoms with E-state index in [0.717, 1.165) is 26.2 Å². The zero-order chi connectivity index (χ0) is 8.69. The van der Waals surface area contributed by atoms with Gasteiger partial charge in [0.2, 0.25) is 0 Å². The number of rotatable bonds is 6. The van der Waals surface area contributed by atoms with Gasteiger partial charge in [-0.1, -0.05) is 27.7 Å². The van der Waals surface area contributed by atoms with Gasteiger partial charge in [-0.25, -0.2) is 0 Å². The van der Waals surface area contributed by atoms with Crippen LogP contribution < -0.4 is 0 Å². The average Bonchev–Trinajstić information content (AvgIpc) is 2.07. The first kappa shape index (κ1) is 11.4. The van der Waals surface area contributed by atoms with Crippen molar-refractivity contribution in [3.8, 4) is 0 Å². The summed E-state index contributed by atoms with van der Waals surface area (Å²) in [5.41, 5.74) is 0. The molecule has 0 amide bonds. The molecule has 0 N–H and O–H groups in total. The van der Waals surface area contributed by atoms with Gasteiger partial charge >= 0.3 is 0 Å². The Kier molecular flexibility index (Phi) is 7.25. The molecule has 11 heavy (non-hydrogen) atoms. The van der Waals surface area contributed by atoms with Crippen LogP contribution in [0.2, 0.25) is 0 Å². The van der Waals surface area contributed by atoms with Gasteiger partial charge in [0.05, 0.1) is 8.88 Å². The Morgan fingerprint density at radius 1 is 0.727 bits per heavy atom. The van der Waals surface area contributed by atoms with Crippen LogP contribution in [-0.2, 0) is 0 Å². The molecular weight excluding hydrogens is 155 g/mol. The largest absolute Gasteiger partial charge is 0.265 e. The summed E-state index contributed by atoms with van der Waals surface area (Å²) in [6.45, 7) is 13.4. The van der Waals surface area contributed by atoms with Gasteiger partial charge < -0.3 is 0 Å². The first-order valence-corrected chi connectivity index (χ1v) is 5.29. The van der Waals surface area contributed by atoms with E-state index in [-0.39, 0.29) is 0 Å². The molecule has 0 fully saturated rings. The zero-order valence-corrected chi connectivity index (χ0v) is 9.06. The van der Waals surface area contributed by atoms with E-state index in [4.69, 9.17) is 0 Å². The molecule has 67 valence electrons. The van der Waals surface area contributed by atoms with Gasteiger partial charge in [0.1, 0.15) is 0 Å². The van der Waals surface area contributed by atoms with Gasteiger partial charge in [0.15, 0.2) is 0 Å². The number of hydrogen-bond donors (Lipinski definition) is 0. The molecular formula is C8H20N2P. The number of nitrogens with zero attached hydrogens (tertiary/aromatic N) is 2. The molecule has 0 aliphatic rings. The van der Waals surface area contributed by atoms with Crippen molar-refractivity contribution in [2.45, 2.75) is 27.7 Å². The van der Waals surface area contributed by atoms with Gasteiger partial charge in [0.25, 0.3) is 0 Å². The van der Waals surface area contributed by atoms with Crippen molar-refractivity contribution in [2.75, 3.05) is 26.2 Å². The minimum absolute atomic E-state index is 1.15. The lowest BCUT2D eigenvalue weighted by atomic mass is 10.7. The van der Waals surface area contributed by atoms with Gasteiger partial charge in [0, 0.05) is 26.2 Å². The molecule has 0 aromatic heterocycles. The van der Waals surface area contributed by atoms with Gasteiger partial charge in [-0.05, 0) is 0 Å². The predicted molar refractivity (Wildman–Crippen MR) is 52.8 cm³/mol. The van der Waals surface area contributed by atoms with Crippen LogP contribution in [0.4, 0.5) is 0 Å². The van der Waals surface area contributed by atoms with Crippen LogP contribution in [0.5, 0.6) is 0 Å². The normalized spacial score (nSPS) is 11.5. The maximum Gasteiger partial charge on any atom is 0.0975 e. The second kappa shape index (κ2) is 7.02. The van der Waals surface area contributed by atoms with Gasteiger partial charge in [-0.15, -0.1) is 0 Å². The van der Waals surface area contributed by atoms with E-state index in [0.29, 0.717) is 0 Å². The van der Waals surface area contributed by atoms with E-state index in [1.165, 1.54) is 8.88 Å². The molecule has 0 heterocycles. The van der Waals surface area contributed by atoms with E-state index < -0.39 is 0 Å². The van der Waals surface area contributed by atoms with Crippen LogP contribution >= 0.6 is 8.88 Å². The molecule has 0 spiro atoms. The van der Waals surface area contributed by atoms with E-state index in [9.17, 15) is 0 Å². The Balaban J connectivity index is 3.58. The third-order valence-electron chi connectivity index (χ3n) is 1.71. The van der Waals surface area contributed by atoms with Crippen molar-refractivity contribution in [3.63, 3.8) is 0 Å². The highest BCUT2D eigenvalue weighted by Crippen LogP contribution is 2.21. The first-order valence-electron chi connectivity index (χ1n) is 4.49. The van der Waals surface area contributed by atoms with E-state index in [1.807, 2.05) is 0 Å². The summed E-state index contributed by atoms with van der Waals surface area (Å²) < 4.78 is 4.82. The summed E-state index contributed by atoms with van der Waals surface area (Å²) in [5.74, 6) is 0. The molecule has 0 aromatic rings. The van der Waals surface area contributed by atoms with Crippen LogP contribution in [0.15, 0.2) is 0 Å². The van der Waals surface area contributed by atoms with Crippen LogP contribution in [-0.4, -0.2) is 35.5 Å². The van der Waals surface area contributed by atoms with Crippen LogP contribution in [0.25, 0.3) is 0 Å². The summed E-state index contributed by atoms with van der Waals surface area (Å²) in [6.07, 6.45) is 0. The summed E-state index contributed by atoms with van der Waals surface area (Å²) >= 11 is 0. The van der Waals surface area contributed by atoms with E-state index in [2.05, 4.69) is 37.0 Å². The van der Waals surface area contributed by atoms with Crippen molar-refractivity contribution >= 4 is 8.88 Å². The molecule has 0 aromatic carbocycles. The molecule has 2 nitrogen and oxygen atoms in total. The monoisotopic (exact) mass is 175 g/mol. The second-order valence-electron chi connectivity index (χ2n) is 2.37. The van der Waals surface area contributed by atoms with Crippen LogP contribution in [0, 0.1) is 0 Å². The minimum Gasteiger partial charge on any atom is -0.265 e. The van der Waals surface area contributed by atoms with Gasteiger partial charge in [-0.2, -0.15) is 0 Å².